The third kappa shape index (κ3) is 422. The summed E-state index contributed by atoms with van der Waals surface area (Å²) < 4.78 is 0. The van der Waals surface area contributed by atoms with Crippen LogP contribution in [0, 0.1) is 0 Å². The van der Waals surface area contributed by atoms with Crippen LogP contribution in [0.3, 0.4) is 0 Å². The molecule has 0 atom stereocenters. The van der Waals surface area contributed by atoms with E-state index < -0.39 is 0 Å². The largest absolute Gasteiger partial charge is 0.269 e. The van der Waals surface area contributed by atoms with E-state index in [0.717, 1.165) is 0 Å². The Bertz CT molecular complexity index is 3.90. The van der Waals surface area contributed by atoms with Crippen molar-refractivity contribution < 1.29 is 44.6 Å². The minimum absolute atomic E-state index is 0. The maximum Gasteiger partial charge on any atom is 0 e. The minimum atomic E-state index is 0. The van der Waals surface area contributed by atoms with Crippen LogP contribution in [-0.4, -0.2) is 0 Å². The van der Waals surface area contributed by atoms with Crippen molar-refractivity contribution in [1.82, 2.24) is 0 Å². The van der Waals surface area contributed by atoms with Crippen LogP contribution < -0.4 is 0 Å². The molecule has 0 nitrogen and oxygen atoms in total. The fraction of sp³-hybridized carbons (Fsp3) is 0. The maximum atomic E-state index is 0. The number of halogens is 5. The zero-order valence-electron chi connectivity index (χ0n) is 2.45. The Morgan fingerprint density at radius 3 is 0.333 bits per heavy atom. The molecule has 0 rings (SSSR count). The Morgan fingerprint density at radius 1 is 0.333 bits per heavy atom. The standard InChI is InChI=1S/5FH.Mo/h5*1H;. The SMILES string of the molecule is F.F.F.F.F.[Mo]. The van der Waals surface area contributed by atoms with Gasteiger partial charge in [0.05, 0.1) is 0 Å². The van der Waals surface area contributed by atoms with Crippen molar-refractivity contribution in [3.05, 3.63) is 0 Å². The molecule has 0 amide bonds. The van der Waals surface area contributed by atoms with Crippen LogP contribution in [0.15, 0.2) is 0 Å². The predicted molar refractivity (Wildman–Crippen MR) is 12.5 cm³/mol. The third-order valence-electron chi connectivity index (χ3n) is 0. The van der Waals surface area contributed by atoms with Gasteiger partial charge in [-0.05, 0) is 0 Å². The van der Waals surface area contributed by atoms with Crippen molar-refractivity contribution in [2.45, 2.75) is 0 Å². The molecular weight excluding hydrogens is 191 g/mol. The van der Waals surface area contributed by atoms with Gasteiger partial charge in [0.25, 0.3) is 0 Å². The van der Waals surface area contributed by atoms with Gasteiger partial charge in [-0.2, -0.15) is 0 Å². The molecule has 0 radical (unpaired) electrons. The number of hydrogen-bond donors (Lipinski definition) is 0. The first-order valence-corrected chi connectivity index (χ1v) is 0. The van der Waals surface area contributed by atoms with Gasteiger partial charge in [0.1, 0.15) is 0 Å². The minimum Gasteiger partial charge on any atom is -0.269 e. The van der Waals surface area contributed by atoms with Gasteiger partial charge < -0.3 is 0 Å². The van der Waals surface area contributed by atoms with Gasteiger partial charge in [0.2, 0.25) is 0 Å². The Hall–Kier alpha value is 0.338. The molecule has 0 aliphatic carbocycles. The van der Waals surface area contributed by atoms with Crippen molar-refractivity contribution >= 4 is 0 Å². The van der Waals surface area contributed by atoms with E-state index in [1.165, 1.54) is 0 Å². The molecule has 0 saturated carbocycles. The molecule has 0 bridgehead atoms. The molecule has 6 heavy (non-hydrogen) atoms. The number of hydrogen-bond acceptors (Lipinski definition) is 0. The summed E-state index contributed by atoms with van der Waals surface area (Å²) in [7, 11) is 0. The van der Waals surface area contributed by atoms with E-state index in [0.29, 0.717) is 0 Å². The van der Waals surface area contributed by atoms with Gasteiger partial charge in [0, 0.05) is 21.1 Å². The zero-order chi connectivity index (χ0) is 0. The van der Waals surface area contributed by atoms with E-state index in [-0.39, 0.29) is 44.6 Å². The Balaban J connectivity index is 0. The van der Waals surface area contributed by atoms with Gasteiger partial charge in [-0.1, -0.05) is 0 Å². The normalized spacial score (nSPS) is 0. The van der Waals surface area contributed by atoms with Crippen molar-refractivity contribution in [2.24, 2.45) is 0 Å². The molecule has 0 spiro atoms. The van der Waals surface area contributed by atoms with E-state index in [9.17, 15) is 0 Å². The van der Waals surface area contributed by atoms with Crippen LogP contribution in [-0.2, 0) is 21.1 Å². The van der Waals surface area contributed by atoms with Crippen LogP contribution >= 0.6 is 0 Å². The van der Waals surface area contributed by atoms with Crippen LogP contribution in [0.4, 0.5) is 23.5 Å². The summed E-state index contributed by atoms with van der Waals surface area (Å²) in [4.78, 5) is 0. The van der Waals surface area contributed by atoms with Crippen molar-refractivity contribution in [3.8, 4) is 0 Å². The second kappa shape index (κ2) is 878. The first-order valence-electron chi connectivity index (χ1n) is 0. The summed E-state index contributed by atoms with van der Waals surface area (Å²) >= 11 is 0. The van der Waals surface area contributed by atoms with Crippen LogP contribution in [0.1, 0.15) is 0 Å². The van der Waals surface area contributed by atoms with Crippen molar-refractivity contribution in [2.75, 3.05) is 0 Å². The number of rotatable bonds is 0. The molecule has 0 aromatic heterocycles. The zero-order valence-corrected chi connectivity index (χ0v) is 4.46. The second-order valence-electron chi connectivity index (χ2n) is 0. The molecule has 6 heteroatoms. The summed E-state index contributed by atoms with van der Waals surface area (Å²) in [6, 6.07) is 0. The fourth-order valence-corrected chi connectivity index (χ4v) is 0. The average Bonchev–Trinajstić information content (AvgIpc) is 0. The van der Waals surface area contributed by atoms with E-state index in [4.69, 9.17) is 0 Å². The first-order chi connectivity index (χ1) is 0. The van der Waals surface area contributed by atoms with Crippen molar-refractivity contribution in [1.29, 1.82) is 0 Å². The van der Waals surface area contributed by atoms with Gasteiger partial charge in [-0.15, -0.1) is 0 Å². The van der Waals surface area contributed by atoms with E-state index in [2.05, 4.69) is 0 Å². The molecule has 0 fully saturated rings. The van der Waals surface area contributed by atoms with Gasteiger partial charge in [-0.3, -0.25) is 23.5 Å². The molecule has 0 aromatic rings. The topological polar surface area (TPSA) is 0 Å². The maximum absolute atomic E-state index is 0. The van der Waals surface area contributed by atoms with Gasteiger partial charge >= 0.3 is 0 Å². The average molecular weight is 196 g/mol. The quantitative estimate of drug-likeness (QED) is 0.396. The van der Waals surface area contributed by atoms with Gasteiger partial charge in [-0.25, -0.2) is 0 Å². The summed E-state index contributed by atoms with van der Waals surface area (Å²) in [6.45, 7) is 0. The van der Waals surface area contributed by atoms with E-state index >= 15 is 0 Å². The van der Waals surface area contributed by atoms with Crippen LogP contribution in [0.2, 0.25) is 0 Å². The Labute approximate surface area is 45.4 Å². The molecule has 0 aliphatic rings. The van der Waals surface area contributed by atoms with Crippen molar-refractivity contribution in [3.63, 3.8) is 0 Å². The molecular formula is H5F5Mo. The van der Waals surface area contributed by atoms with E-state index in [1.807, 2.05) is 0 Å². The molecule has 0 heterocycles. The summed E-state index contributed by atoms with van der Waals surface area (Å²) in [5.74, 6) is 0. The molecule has 0 N–H and O–H groups in total. The van der Waals surface area contributed by atoms with Gasteiger partial charge in [0.15, 0.2) is 0 Å². The molecule has 0 unspecified atom stereocenters. The Morgan fingerprint density at radius 2 is 0.333 bits per heavy atom. The molecule has 0 saturated heterocycles. The fourth-order valence-electron chi connectivity index (χ4n) is 0. The summed E-state index contributed by atoms with van der Waals surface area (Å²) in [6.07, 6.45) is 0. The van der Waals surface area contributed by atoms with E-state index in [1.54, 1.807) is 0 Å². The second-order valence-corrected chi connectivity index (χ2v) is 0. The van der Waals surface area contributed by atoms with Crippen LogP contribution in [0.5, 0.6) is 0 Å². The summed E-state index contributed by atoms with van der Waals surface area (Å²) in [5, 5.41) is 0. The third-order valence-corrected chi connectivity index (χ3v) is 0. The van der Waals surface area contributed by atoms with Crippen LogP contribution in [0.25, 0.3) is 0 Å². The molecule has 0 aromatic carbocycles. The summed E-state index contributed by atoms with van der Waals surface area (Å²) in [5.41, 5.74) is 0. The predicted octanol–water partition coefficient (Wildman–Crippen LogP) is 0.760. The molecule has 0 aliphatic heterocycles. The smallest absolute Gasteiger partial charge is 0 e. The Kier molecular flexibility index (Phi) is 231000. The molecule has 46 valence electrons. The first kappa shape index (κ1) is 1580. The monoisotopic (exact) mass is 198 g/mol.